The van der Waals surface area contributed by atoms with Gasteiger partial charge in [0.15, 0.2) is 5.11 Å². The zero-order chi connectivity index (χ0) is 20.3. The predicted octanol–water partition coefficient (Wildman–Crippen LogP) is 4.28. The summed E-state index contributed by atoms with van der Waals surface area (Å²) in [6.07, 6.45) is 0. The average Bonchev–Trinajstić information content (AvgIpc) is 2.68. The molecule has 0 spiro atoms. The Bertz CT molecular complexity index is 922. The molecule has 0 fully saturated rings. The summed E-state index contributed by atoms with van der Waals surface area (Å²) in [7, 11) is 1.39. The van der Waals surface area contributed by atoms with Gasteiger partial charge in [0.2, 0.25) is 0 Å². The van der Waals surface area contributed by atoms with Crippen LogP contribution in [0.2, 0.25) is 0 Å². The number of aryl methyl sites for hydroxylation is 1. The number of benzene rings is 2. The van der Waals surface area contributed by atoms with E-state index in [1.54, 1.807) is 0 Å². The second-order valence-corrected chi connectivity index (χ2v) is 6.94. The Morgan fingerprint density at radius 3 is 2.50 bits per heavy atom. The summed E-state index contributed by atoms with van der Waals surface area (Å²) in [5.74, 6) is 0.407. The number of carbonyl (C=O) groups excluding carboxylic acids is 1. The highest BCUT2D eigenvalue weighted by molar-refractivity contribution is 7.80. The maximum absolute atomic E-state index is 12.7. The smallest absolute Gasteiger partial charge is 0.337 e. The van der Waals surface area contributed by atoms with Crippen molar-refractivity contribution in [2.45, 2.75) is 26.8 Å². The standard InChI is InChI=1S/C22H24N2O3S/c1-5-27-18-11-9-17(10-12-18)24-15(3)19(21(25)26-4)20(23-22(24)28)16-8-6-7-14(2)13-16/h6-13,20H,5H2,1-4H3,(H,23,28)/t20-/m0/s1. The van der Waals surface area contributed by atoms with Gasteiger partial charge < -0.3 is 14.8 Å². The molecule has 6 heteroatoms. The number of hydrogen-bond acceptors (Lipinski definition) is 4. The van der Waals surface area contributed by atoms with E-state index in [-0.39, 0.29) is 12.0 Å². The van der Waals surface area contributed by atoms with Crippen LogP contribution in [-0.4, -0.2) is 24.8 Å². The van der Waals surface area contributed by atoms with Crippen LogP contribution >= 0.6 is 12.2 Å². The Morgan fingerprint density at radius 1 is 1.18 bits per heavy atom. The molecular weight excluding hydrogens is 372 g/mol. The summed E-state index contributed by atoms with van der Waals surface area (Å²) < 4.78 is 10.6. The van der Waals surface area contributed by atoms with E-state index in [1.165, 1.54) is 7.11 Å². The van der Waals surface area contributed by atoms with Crippen LogP contribution in [0.3, 0.4) is 0 Å². The molecule has 0 saturated heterocycles. The second-order valence-electron chi connectivity index (χ2n) is 6.55. The summed E-state index contributed by atoms with van der Waals surface area (Å²) in [6, 6.07) is 15.3. The first-order valence-corrected chi connectivity index (χ1v) is 9.56. The quantitative estimate of drug-likeness (QED) is 0.601. The van der Waals surface area contributed by atoms with Crippen molar-refractivity contribution in [1.82, 2.24) is 5.32 Å². The van der Waals surface area contributed by atoms with Crippen molar-refractivity contribution in [3.8, 4) is 5.75 Å². The number of hydrogen-bond donors (Lipinski definition) is 1. The minimum atomic E-state index is -0.380. The highest BCUT2D eigenvalue weighted by Crippen LogP contribution is 2.34. The number of nitrogens with one attached hydrogen (secondary N) is 1. The zero-order valence-electron chi connectivity index (χ0n) is 16.5. The van der Waals surface area contributed by atoms with Gasteiger partial charge in [-0.1, -0.05) is 29.8 Å². The molecule has 1 aliphatic heterocycles. The van der Waals surface area contributed by atoms with Crippen LogP contribution in [0.25, 0.3) is 0 Å². The number of nitrogens with zero attached hydrogens (tertiary/aromatic N) is 1. The molecule has 0 radical (unpaired) electrons. The van der Waals surface area contributed by atoms with Gasteiger partial charge in [-0.3, -0.25) is 4.90 Å². The lowest BCUT2D eigenvalue weighted by atomic mass is 9.94. The summed E-state index contributed by atoms with van der Waals surface area (Å²) in [4.78, 5) is 14.5. The lowest BCUT2D eigenvalue weighted by molar-refractivity contribution is -0.136. The van der Waals surface area contributed by atoms with Crippen LogP contribution in [0.1, 0.15) is 31.0 Å². The highest BCUT2D eigenvalue weighted by atomic mass is 32.1. The molecule has 0 saturated carbocycles. The van der Waals surface area contributed by atoms with Crippen molar-refractivity contribution in [2.24, 2.45) is 0 Å². The molecule has 0 aliphatic carbocycles. The Morgan fingerprint density at radius 2 is 1.89 bits per heavy atom. The third-order valence-electron chi connectivity index (χ3n) is 4.67. The molecule has 0 unspecified atom stereocenters. The van der Waals surface area contributed by atoms with Gasteiger partial charge >= 0.3 is 5.97 Å². The molecule has 1 atom stereocenters. The van der Waals surface area contributed by atoms with Gasteiger partial charge in [0.05, 0.1) is 25.3 Å². The van der Waals surface area contributed by atoms with Gasteiger partial charge in [-0.25, -0.2) is 4.79 Å². The molecule has 3 rings (SSSR count). The van der Waals surface area contributed by atoms with Gasteiger partial charge in [0.1, 0.15) is 5.75 Å². The molecule has 1 N–H and O–H groups in total. The second kappa shape index (κ2) is 8.44. The zero-order valence-corrected chi connectivity index (χ0v) is 17.3. The maximum atomic E-state index is 12.7. The van der Waals surface area contributed by atoms with Crippen molar-refractivity contribution in [1.29, 1.82) is 0 Å². The topological polar surface area (TPSA) is 50.8 Å². The average molecular weight is 397 g/mol. The summed E-state index contributed by atoms with van der Waals surface area (Å²) >= 11 is 5.65. The number of anilines is 1. The first-order chi connectivity index (χ1) is 13.5. The highest BCUT2D eigenvalue weighted by Gasteiger charge is 2.35. The Labute approximate surface area is 170 Å². The van der Waals surface area contributed by atoms with Crippen molar-refractivity contribution in [3.63, 3.8) is 0 Å². The minimum Gasteiger partial charge on any atom is -0.494 e. The number of esters is 1. The molecule has 1 heterocycles. The molecule has 5 nitrogen and oxygen atoms in total. The fourth-order valence-electron chi connectivity index (χ4n) is 3.39. The SMILES string of the molecule is CCOc1ccc(N2C(=S)N[C@@H](c3cccc(C)c3)C(C(=O)OC)=C2C)cc1. The van der Waals surface area contributed by atoms with Crippen molar-refractivity contribution < 1.29 is 14.3 Å². The molecule has 1 aliphatic rings. The lowest BCUT2D eigenvalue weighted by Crippen LogP contribution is -2.48. The van der Waals surface area contributed by atoms with Crippen LogP contribution in [-0.2, 0) is 9.53 Å². The monoisotopic (exact) mass is 396 g/mol. The first kappa shape index (κ1) is 19.9. The summed E-state index contributed by atoms with van der Waals surface area (Å²) in [5, 5.41) is 3.84. The van der Waals surface area contributed by atoms with E-state index in [1.807, 2.05) is 74.2 Å². The van der Waals surface area contributed by atoms with Crippen molar-refractivity contribution >= 4 is 29.0 Å². The van der Waals surface area contributed by atoms with Crippen molar-refractivity contribution in [3.05, 3.63) is 70.9 Å². The minimum absolute atomic E-state index is 0.362. The maximum Gasteiger partial charge on any atom is 0.337 e. The third-order valence-corrected chi connectivity index (χ3v) is 4.97. The Kier molecular flexibility index (Phi) is 5.99. The van der Waals surface area contributed by atoms with Crippen molar-refractivity contribution in [2.75, 3.05) is 18.6 Å². The fourth-order valence-corrected chi connectivity index (χ4v) is 3.75. The van der Waals surface area contributed by atoms with E-state index >= 15 is 0 Å². The first-order valence-electron chi connectivity index (χ1n) is 9.15. The van der Waals surface area contributed by atoms with Crippen LogP contribution in [0, 0.1) is 6.92 Å². The van der Waals surface area contributed by atoms with Gasteiger partial charge in [0.25, 0.3) is 0 Å². The van der Waals surface area contributed by atoms with E-state index in [0.29, 0.717) is 17.3 Å². The van der Waals surface area contributed by atoms with Crippen LogP contribution in [0.4, 0.5) is 5.69 Å². The molecule has 28 heavy (non-hydrogen) atoms. The molecular formula is C22H24N2O3S. The van der Waals surface area contributed by atoms with Crippen LogP contribution in [0.5, 0.6) is 5.75 Å². The number of carbonyl (C=O) groups is 1. The Balaban J connectivity index is 2.07. The number of ether oxygens (including phenoxy) is 2. The molecule has 0 amide bonds. The van der Waals surface area contributed by atoms with E-state index in [0.717, 1.165) is 28.3 Å². The van der Waals surface area contributed by atoms with Gasteiger partial charge in [-0.05, 0) is 62.8 Å². The summed E-state index contributed by atoms with van der Waals surface area (Å²) in [6.45, 7) is 6.45. The summed E-state index contributed by atoms with van der Waals surface area (Å²) in [5.41, 5.74) is 4.21. The van der Waals surface area contributed by atoms with Crippen LogP contribution < -0.4 is 15.0 Å². The molecule has 2 aromatic rings. The number of methoxy groups -OCH3 is 1. The van der Waals surface area contributed by atoms with E-state index in [2.05, 4.69) is 5.32 Å². The third kappa shape index (κ3) is 3.87. The lowest BCUT2D eigenvalue weighted by Gasteiger charge is -2.37. The van der Waals surface area contributed by atoms with E-state index < -0.39 is 0 Å². The van der Waals surface area contributed by atoms with Crippen LogP contribution in [0.15, 0.2) is 59.8 Å². The molecule has 0 aromatic heterocycles. The number of allylic oxidation sites excluding steroid dienone is 1. The molecule has 146 valence electrons. The fraction of sp³-hybridized carbons (Fsp3) is 0.273. The largest absolute Gasteiger partial charge is 0.494 e. The predicted molar refractivity (Wildman–Crippen MR) is 114 cm³/mol. The van der Waals surface area contributed by atoms with Gasteiger partial charge in [0, 0.05) is 11.4 Å². The number of rotatable bonds is 5. The van der Waals surface area contributed by atoms with E-state index in [9.17, 15) is 4.79 Å². The van der Waals surface area contributed by atoms with Gasteiger partial charge in [-0.15, -0.1) is 0 Å². The molecule has 0 bridgehead atoms. The van der Waals surface area contributed by atoms with E-state index in [4.69, 9.17) is 21.7 Å². The Hall–Kier alpha value is -2.86. The number of thiocarbonyl (C=S) groups is 1. The van der Waals surface area contributed by atoms with Gasteiger partial charge in [-0.2, -0.15) is 0 Å². The molecule has 2 aromatic carbocycles. The normalized spacial score (nSPS) is 16.6.